The number of nitrogens with zero attached hydrogens (tertiary/aromatic N) is 3. The third kappa shape index (κ3) is 2.87. The van der Waals surface area contributed by atoms with Gasteiger partial charge in [-0.25, -0.2) is 4.98 Å². The molecule has 0 aliphatic rings. The molecule has 5 nitrogen and oxygen atoms in total. The molecule has 84 valence electrons. The molecule has 16 heavy (non-hydrogen) atoms. The molecule has 0 aliphatic carbocycles. The highest BCUT2D eigenvalue weighted by Crippen LogP contribution is 1.98. The minimum Gasteiger partial charge on any atom is -0.304 e. The average Bonchev–Trinajstić information content (AvgIpc) is 2.67. The molecule has 2 heterocycles. The fraction of sp³-hybridized carbons (Fsp3) is 0.364. The number of aromatic nitrogens is 4. The molecule has 2 N–H and O–H groups in total. The maximum absolute atomic E-state index is 4.30. The highest BCUT2D eigenvalue weighted by molar-refractivity contribution is 5.11. The van der Waals surface area contributed by atoms with Gasteiger partial charge in [0.25, 0.3) is 0 Å². The summed E-state index contributed by atoms with van der Waals surface area (Å²) in [6, 6.07) is 4.08. The van der Waals surface area contributed by atoms with E-state index in [2.05, 4.69) is 31.5 Å². The number of rotatable bonds is 4. The van der Waals surface area contributed by atoms with Gasteiger partial charge in [0.05, 0.1) is 12.2 Å². The van der Waals surface area contributed by atoms with E-state index >= 15 is 0 Å². The molecule has 0 saturated carbocycles. The summed E-state index contributed by atoms with van der Waals surface area (Å²) < 4.78 is 0. The Bertz CT molecular complexity index is 446. The lowest BCUT2D eigenvalue weighted by atomic mass is 10.3. The van der Waals surface area contributed by atoms with Gasteiger partial charge in [0.2, 0.25) is 0 Å². The zero-order valence-corrected chi connectivity index (χ0v) is 9.49. The molecule has 2 rings (SSSR count). The van der Waals surface area contributed by atoms with Gasteiger partial charge in [-0.05, 0) is 25.5 Å². The second-order valence-electron chi connectivity index (χ2n) is 3.77. The van der Waals surface area contributed by atoms with Crippen LogP contribution in [0.5, 0.6) is 0 Å². The van der Waals surface area contributed by atoms with Crippen LogP contribution in [0.1, 0.15) is 22.9 Å². The molecule has 5 heteroatoms. The summed E-state index contributed by atoms with van der Waals surface area (Å²) in [7, 11) is 0. The Kier molecular flexibility index (Phi) is 3.26. The van der Waals surface area contributed by atoms with Crippen molar-refractivity contribution in [1.29, 1.82) is 0 Å². The van der Waals surface area contributed by atoms with Gasteiger partial charge in [-0.2, -0.15) is 5.10 Å². The van der Waals surface area contributed by atoms with Crippen molar-refractivity contribution in [2.45, 2.75) is 26.9 Å². The molecule has 0 unspecified atom stereocenters. The second kappa shape index (κ2) is 4.85. The lowest BCUT2D eigenvalue weighted by Gasteiger charge is -2.01. The van der Waals surface area contributed by atoms with E-state index in [0.717, 1.165) is 23.9 Å². The van der Waals surface area contributed by atoms with E-state index in [-0.39, 0.29) is 0 Å². The van der Waals surface area contributed by atoms with Crippen molar-refractivity contribution in [3.63, 3.8) is 0 Å². The van der Waals surface area contributed by atoms with E-state index in [4.69, 9.17) is 0 Å². The number of aryl methyl sites for hydroxylation is 2. The second-order valence-corrected chi connectivity index (χ2v) is 3.77. The average molecular weight is 217 g/mol. The molecule has 0 atom stereocenters. The summed E-state index contributed by atoms with van der Waals surface area (Å²) >= 11 is 0. The first-order valence-electron chi connectivity index (χ1n) is 5.24. The molecule has 0 saturated heterocycles. The summed E-state index contributed by atoms with van der Waals surface area (Å²) in [6.07, 6.45) is 1.87. The van der Waals surface area contributed by atoms with Crippen LogP contribution < -0.4 is 5.32 Å². The SMILES string of the molecule is Cc1ccc(CNCc2n[nH]c(C)n2)nc1. The quantitative estimate of drug-likeness (QED) is 0.805. The Morgan fingerprint density at radius 2 is 2.12 bits per heavy atom. The molecule has 0 fully saturated rings. The summed E-state index contributed by atoms with van der Waals surface area (Å²) in [5.41, 5.74) is 2.20. The van der Waals surface area contributed by atoms with E-state index in [0.29, 0.717) is 6.54 Å². The Hall–Kier alpha value is -1.75. The molecule has 0 amide bonds. The van der Waals surface area contributed by atoms with Gasteiger partial charge in [-0.3, -0.25) is 10.1 Å². The first kappa shape index (κ1) is 10.8. The predicted molar refractivity (Wildman–Crippen MR) is 60.6 cm³/mol. The maximum atomic E-state index is 4.30. The largest absolute Gasteiger partial charge is 0.304 e. The van der Waals surface area contributed by atoms with Crippen LogP contribution in [0.25, 0.3) is 0 Å². The van der Waals surface area contributed by atoms with Crippen LogP contribution in [0, 0.1) is 13.8 Å². The molecule has 2 aromatic rings. The van der Waals surface area contributed by atoms with Crippen LogP contribution in [0.3, 0.4) is 0 Å². The highest BCUT2D eigenvalue weighted by atomic mass is 15.2. The van der Waals surface area contributed by atoms with E-state index in [1.165, 1.54) is 5.56 Å². The minimum absolute atomic E-state index is 0.653. The summed E-state index contributed by atoms with van der Waals surface area (Å²) in [4.78, 5) is 8.51. The van der Waals surface area contributed by atoms with E-state index in [1.807, 2.05) is 26.1 Å². The lowest BCUT2D eigenvalue weighted by Crippen LogP contribution is -2.14. The van der Waals surface area contributed by atoms with Gasteiger partial charge in [0, 0.05) is 12.7 Å². The number of H-pyrrole nitrogens is 1. The van der Waals surface area contributed by atoms with Crippen LogP contribution >= 0.6 is 0 Å². The highest BCUT2D eigenvalue weighted by Gasteiger charge is 1.99. The molecular formula is C11H15N5. The fourth-order valence-electron chi connectivity index (χ4n) is 1.37. The van der Waals surface area contributed by atoms with Crippen LogP contribution in [-0.4, -0.2) is 20.2 Å². The first-order chi connectivity index (χ1) is 7.74. The van der Waals surface area contributed by atoms with Gasteiger partial charge in [-0.15, -0.1) is 0 Å². The number of pyridine rings is 1. The molecule has 0 radical (unpaired) electrons. The van der Waals surface area contributed by atoms with Gasteiger partial charge in [0.1, 0.15) is 5.82 Å². The van der Waals surface area contributed by atoms with Crippen LogP contribution in [0.4, 0.5) is 0 Å². The van der Waals surface area contributed by atoms with Crippen molar-refractivity contribution < 1.29 is 0 Å². The van der Waals surface area contributed by atoms with E-state index < -0.39 is 0 Å². The van der Waals surface area contributed by atoms with Crippen molar-refractivity contribution in [3.8, 4) is 0 Å². The third-order valence-electron chi connectivity index (χ3n) is 2.21. The molecule has 2 aromatic heterocycles. The molecule has 0 spiro atoms. The topological polar surface area (TPSA) is 66.5 Å². The molecule has 0 bridgehead atoms. The maximum Gasteiger partial charge on any atom is 0.164 e. The fourth-order valence-corrected chi connectivity index (χ4v) is 1.37. The molecular weight excluding hydrogens is 202 g/mol. The van der Waals surface area contributed by atoms with Crippen LogP contribution in [0.2, 0.25) is 0 Å². The first-order valence-corrected chi connectivity index (χ1v) is 5.24. The molecule has 0 aliphatic heterocycles. The van der Waals surface area contributed by atoms with Gasteiger partial charge < -0.3 is 5.32 Å². The summed E-state index contributed by atoms with van der Waals surface area (Å²) in [5, 5.41) is 10.1. The van der Waals surface area contributed by atoms with Gasteiger partial charge in [-0.1, -0.05) is 6.07 Å². The number of aromatic amines is 1. The Morgan fingerprint density at radius 1 is 1.25 bits per heavy atom. The number of nitrogens with one attached hydrogen (secondary N) is 2. The Labute approximate surface area is 94.3 Å². The van der Waals surface area contributed by atoms with E-state index in [1.54, 1.807) is 0 Å². The zero-order valence-electron chi connectivity index (χ0n) is 9.49. The normalized spacial score (nSPS) is 10.6. The van der Waals surface area contributed by atoms with Crippen molar-refractivity contribution in [1.82, 2.24) is 25.5 Å². The van der Waals surface area contributed by atoms with Crippen molar-refractivity contribution in [3.05, 3.63) is 41.2 Å². The van der Waals surface area contributed by atoms with Gasteiger partial charge in [0.15, 0.2) is 5.82 Å². The van der Waals surface area contributed by atoms with Crippen LogP contribution in [0.15, 0.2) is 18.3 Å². The lowest BCUT2D eigenvalue weighted by molar-refractivity contribution is 0.653. The Balaban J connectivity index is 1.82. The van der Waals surface area contributed by atoms with Gasteiger partial charge >= 0.3 is 0 Å². The number of hydrogen-bond donors (Lipinski definition) is 2. The van der Waals surface area contributed by atoms with Crippen LogP contribution in [-0.2, 0) is 13.1 Å². The van der Waals surface area contributed by atoms with Crippen molar-refractivity contribution in [2.24, 2.45) is 0 Å². The smallest absolute Gasteiger partial charge is 0.164 e. The molecule has 0 aromatic carbocycles. The minimum atomic E-state index is 0.653. The summed E-state index contributed by atoms with van der Waals surface area (Å²) in [5.74, 6) is 1.62. The standard InChI is InChI=1S/C11H15N5/c1-8-3-4-10(13-5-8)6-12-7-11-14-9(2)15-16-11/h3-5,12H,6-7H2,1-2H3,(H,14,15,16). The van der Waals surface area contributed by atoms with Crippen molar-refractivity contribution in [2.75, 3.05) is 0 Å². The van der Waals surface area contributed by atoms with E-state index in [9.17, 15) is 0 Å². The Morgan fingerprint density at radius 3 is 2.75 bits per heavy atom. The third-order valence-corrected chi connectivity index (χ3v) is 2.21. The summed E-state index contributed by atoms with van der Waals surface area (Å²) in [6.45, 7) is 5.30. The number of hydrogen-bond acceptors (Lipinski definition) is 4. The van der Waals surface area contributed by atoms with Crippen molar-refractivity contribution >= 4 is 0 Å². The zero-order chi connectivity index (χ0) is 11.4. The predicted octanol–water partition coefficient (Wildman–Crippen LogP) is 1.11. The monoisotopic (exact) mass is 217 g/mol.